The van der Waals surface area contributed by atoms with E-state index >= 15 is 0 Å². The third kappa shape index (κ3) is 5.14. The number of amides is 2. The maximum absolute atomic E-state index is 12.7. The highest BCUT2D eigenvalue weighted by atomic mass is 19.1. The van der Waals surface area contributed by atoms with Gasteiger partial charge < -0.3 is 15.7 Å². The molecule has 0 heterocycles. The molecule has 0 spiro atoms. The van der Waals surface area contributed by atoms with E-state index in [1.165, 1.54) is 12.1 Å². The molecule has 3 N–H and O–H groups in total. The van der Waals surface area contributed by atoms with Crippen LogP contribution in [-0.4, -0.2) is 30.3 Å². The predicted molar refractivity (Wildman–Crippen MR) is 67.8 cm³/mol. The number of urea groups is 1. The summed E-state index contributed by atoms with van der Waals surface area (Å²) in [6.45, 7) is 2.29. The Morgan fingerprint density at radius 2 is 2.06 bits per heavy atom. The Morgan fingerprint density at radius 1 is 1.39 bits per heavy atom. The van der Waals surface area contributed by atoms with Crippen molar-refractivity contribution in [3.05, 3.63) is 35.6 Å². The van der Waals surface area contributed by atoms with Gasteiger partial charge in [-0.2, -0.15) is 0 Å². The van der Waals surface area contributed by atoms with E-state index in [1.54, 1.807) is 12.1 Å². The molecular formula is C13H19FN2O2. The summed E-state index contributed by atoms with van der Waals surface area (Å²) in [6, 6.07) is 5.67. The Morgan fingerprint density at radius 3 is 2.61 bits per heavy atom. The molecule has 0 saturated heterocycles. The van der Waals surface area contributed by atoms with Gasteiger partial charge in [0, 0.05) is 6.54 Å². The second kappa shape index (κ2) is 7.66. The Hall–Kier alpha value is -1.62. The smallest absolute Gasteiger partial charge is 0.315 e. The molecule has 0 radical (unpaired) electrons. The first-order valence-electron chi connectivity index (χ1n) is 6.05. The summed E-state index contributed by atoms with van der Waals surface area (Å²) < 4.78 is 12.7. The monoisotopic (exact) mass is 254 g/mol. The van der Waals surface area contributed by atoms with Crippen LogP contribution in [0.15, 0.2) is 24.3 Å². The van der Waals surface area contributed by atoms with Crippen molar-refractivity contribution in [2.45, 2.75) is 25.8 Å². The first-order valence-corrected chi connectivity index (χ1v) is 6.05. The molecule has 5 heteroatoms. The highest BCUT2D eigenvalue weighted by Crippen LogP contribution is 2.02. The Kier molecular flexibility index (Phi) is 6.14. The van der Waals surface area contributed by atoms with Crippen LogP contribution in [0.3, 0.4) is 0 Å². The highest BCUT2D eigenvalue weighted by molar-refractivity contribution is 5.74. The molecule has 0 aliphatic heterocycles. The second-order valence-electron chi connectivity index (χ2n) is 4.06. The van der Waals surface area contributed by atoms with E-state index in [1.807, 2.05) is 6.92 Å². The SMILES string of the molecule is CCC(CO)NC(=O)NCCc1ccc(F)cc1. The van der Waals surface area contributed by atoms with E-state index in [0.29, 0.717) is 19.4 Å². The summed E-state index contributed by atoms with van der Waals surface area (Å²) in [6.07, 6.45) is 1.32. The molecular weight excluding hydrogens is 235 g/mol. The zero-order valence-electron chi connectivity index (χ0n) is 10.4. The minimum Gasteiger partial charge on any atom is -0.394 e. The third-order valence-electron chi connectivity index (χ3n) is 2.66. The third-order valence-corrected chi connectivity index (χ3v) is 2.66. The summed E-state index contributed by atoms with van der Waals surface area (Å²) >= 11 is 0. The standard InChI is InChI=1S/C13H19FN2O2/c1-2-12(9-17)16-13(18)15-8-7-10-3-5-11(14)6-4-10/h3-6,12,17H,2,7-9H2,1H3,(H2,15,16,18). The molecule has 0 bridgehead atoms. The van der Waals surface area contributed by atoms with Gasteiger partial charge in [-0.1, -0.05) is 19.1 Å². The number of aliphatic hydroxyl groups excluding tert-OH is 1. The van der Waals surface area contributed by atoms with Crippen molar-refractivity contribution in [2.24, 2.45) is 0 Å². The van der Waals surface area contributed by atoms with E-state index in [9.17, 15) is 9.18 Å². The van der Waals surface area contributed by atoms with Crippen LogP contribution >= 0.6 is 0 Å². The highest BCUT2D eigenvalue weighted by Gasteiger charge is 2.07. The molecule has 1 rings (SSSR count). The van der Waals surface area contributed by atoms with Crippen molar-refractivity contribution < 1.29 is 14.3 Å². The Balaban J connectivity index is 2.25. The maximum atomic E-state index is 12.7. The molecule has 4 nitrogen and oxygen atoms in total. The Bertz CT molecular complexity index is 364. The summed E-state index contributed by atoms with van der Waals surface area (Å²) in [4.78, 5) is 11.4. The lowest BCUT2D eigenvalue weighted by molar-refractivity contribution is 0.214. The van der Waals surface area contributed by atoms with Gasteiger partial charge in [-0.15, -0.1) is 0 Å². The van der Waals surface area contributed by atoms with Gasteiger partial charge in [-0.05, 0) is 30.5 Å². The molecule has 0 fully saturated rings. The maximum Gasteiger partial charge on any atom is 0.315 e. The summed E-state index contributed by atoms with van der Waals surface area (Å²) in [5.74, 6) is -0.266. The normalized spacial score (nSPS) is 11.9. The van der Waals surface area contributed by atoms with Gasteiger partial charge in [0.2, 0.25) is 0 Å². The largest absolute Gasteiger partial charge is 0.394 e. The molecule has 0 saturated carbocycles. The number of halogens is 1. The number of carbonyl (C=O) groups is 1. The van der Waals surface area contributed by atoms with E-state index in [4.69, 9.17) is 5.11 Å². The average molecular weight is 254 g/mol. The fourth-order valence-electron chi connectivity index (χ4n) is 1.48. The van der Waals surface area contributed by atoms with Gasteiger partial charge in [0.05, 0.1) is 12.6 Å². The molecule has 0 aliphatic carbocycles. The second-order valence-corrected chi connectivity index (χ2v) is 4.06. The van der Waals surface area contributed by atoms with Crippen LogP contribution in [0.25, 0.3) is 0 Å². The molecule has 100 valence electrons. The van der Waals surface area contributed by atoms with Gasteiger partial charge in [-0.3, -0.25) is 0 Å². The van der Waals surface area contributed by atoms with Crippen molar-refractivity contribution in [2.75, 3.05) is 13.2 Å². The first kappa shape index (κ1) is 14.4. The van der Waals surface area contributed by atoms with Gasteiger partial charge in [0.25, 0.3) is 0 Å². The lowest BCUT2D eigenvalue weighted by Gasteiger charge is -2.14. The molecule has 1 atom stereocenters. The van der Waals surface area contributed by atoms with Crippen LogP contribution in [0.2, 0.25) is 0 Å². The average Bonchev–Trinajstić information content (AvgIpc) is 2.38. The molecule has 1 aromatic carbocycles. The fourth-order valence-corrected chi connectivity index (χ4v) is 1.48. The van der Waals surface area contributed by atoms with Crippen LogP contribution < -0.4 is 10.6 Å². The van der Waals surface area contributed by atoms with E-state index in [0.717, 1.165) is 5.56 Å². The van der Waals surface area contributed by atoms with E-state index in [-0.39, 0.29) is 24.5 Å². The van der Waals surface area contributed by atoms with Crippen LogP contribution in [0, 0.1) is 5.82 Å². The first-order chi connectivity index (χ1) is 8.65. The molecule has 1 unspecified atom stereocenters. The predicted octanol–water partition coefficient (Wildman–Crippen LogP) is 1.44. The molecule has 0 aromatic heterocycles. The zero-order valence-corrected chi connectivity index (χ0v) is 10.4. The van der Waals surface area contributed by atoms with E-state index < -0.39 is 0 Å². The van der Waals surface area contributed by atoms with Crippen LogP contribution in [0.4, 0.5) is 9.18 Å². The number of hydrogen-bond donors (Lipinski definition) is 3. The van der Waals surface area contributed by atoms with Gasteiger partial charge >= 0.3 is 6.03 Å². The lowest BCUT2D eigenvalue weighted by Crippen LogP contribution is -2.44. The zero-order chi connectivity index (χ0) is 13.4. The minimum absolute atomic E-state index is 0.0676. The van der Waals surface area contributed by atoms with Crippen LogP contribution in [-0.2, 0) is 6.42 Å². The number of nitrogens with one attached hydrogen (secondary N) is 2. The summed E-state index contributed by atoms with van der Waals surface area (Å²) in [5, 5.41) is 14.3. The quantitative estimate of drug-likeness (QED) is 0.719. The number of hydrogen-bond acceptors (Lipinski definition) is 2. The Labute approximate surface area is 106 Å². The van der Waals surface area contributed by atoms with Crippen LogP contribution in [0.5, 0.6) is 0 Å². The van der Waals surface area contributed by atoms with Gasteiger partial charge in [0.15, 0.2) is 0 Å². The minimum atomic E-state index is -0.294. The number of rotatable bonds is 6. The van der Waals surface area contributed by atoms with Gasteiger partial charge in [-0.25, -0.2) is 9.18 Å². The summed E-state index contributed by atoms with van der Waals surface area (Å²) in [5.41, 5.74) is 0.964. The number of benzene rings is 1. The van der Waals surface area contributed by atoms with E-state index in [2.05, 4.69) is 10.6 Å². The lowest BCUT2D eigenvalue weighted by atomic mass is 10.1. The van der Waals surface area contributed by atoms with Crippen molar-refractivity contribution in [3.63, 3.8) is 0 Å². The van der Waals surface area contributed by atoms with Crippen molar-refractivity contribution in [1.29, 1.82) is 0 Å². The van der Waals surface area contributed by atoms with Gasteiger partial charge in [0.1, 0.15) is 5.82 Å². The van der Waals surface area contributed by atoms with Crippen molar-refractivity contribution in [3.8, 4) is 0 Å². The molecule has 1 aromatic rings. The molecule has 2 amide bonds. The number of aliphatic hydroxyl groups is 1. The van der Waals surface area contributed by atoms with Crippen molar-refractivity contribution >= 4 is 6.03 Å². The van der Waals surface area contributed by atoms with Crippen LogP contribution in [0.1, 0.15) is 18.9 Å². The molecule has 0 aliphatic rings. The summed E-state index contributed by atoms with van der Waals surface area (Å²) in [7, 11) is 0. The topological polar surface area (TPSA) is 61.4 Å². The van der Waals surface area contributed by atoms with Crippen molar-refractivity contribution in [1.82, 2.24) is 10.6 Å². The molecule has 18 heavy (non-hydrogen) atoms. The number of carbonyl (C=O) groups excluding carboxylic acids is 1. The fraction of sp³-hybridized carbons (Fsp3) is 0.462.